The Hall–Kier alpha value is -8.20. The van der Waals surface area contributed by atoms with Crippen molar-refractivity contribution in [2.75, 3.05) is 4.90 Å². The maximum Gasteiger partial charge on any atom is 0.135 e. The van der Waals surface area contributed by atoms with Crippen molar-refractivity contribution < 1.29 is 4.42 Å². The van der Waals surface area contributed by atoms with Crippen LogP contribution in [0.3, 0.4) is 0 Å². The van der Waals surface area contributed by atoms with Gasteiger partial charge in [-0.2, -0.15) is 0 Å². The molecule has 11 aromatic carbocycles. The van der Waals surface area contributed by atoms with Crippen molar-refractivity contribution >= 4 is 71.3 Å². The first-order valence-electron chi connectivity index (χ1n) is 21.2. The van der Waals surface area contributed by atoms with Crippen molar-refractivity contribution in [3.8, 4) is 44.5 Å². The molecule has 12 aromatic rings. The zero-order valence-electron chi connectivity index (χ0n) is 33.9. The SMILES string of the molecule is c1ccc(-c2c(-c3cccc(N(c4ccc(-c5ccc6ccccc6c5)cc4)c4cccc(-c5ccc6oc7ccccc7c6c5)c4)c3)c3ccccc3c3ccccc23)cc1. The Morgan fingerprint density at radius 3 is 1.48 bits per heavy atom. The van der Waals surface area contributed by atoms with Gasteiger partial charge in [0.1, 0.15) is 11.2 Å². The van der Waals surface area contributed by atoms with E-state index in [4.69, 9.17) is 4.42 Å². The molecule has 0 saturated heterocycles. The molecule has 0 unspecified atom stereocenters. The van der Waals surface area contributed by atoms with Crippen LogP contribution in [0.1, 0.15) is 0 Å². The van der Waals surface area contributed by atoms with E-state index in [-0.39, 0.29) is 0 Å². The zero-order chi connectivity index (χ0) is 41.0. The Morgan fingerprint density at radius 2 is 0.742 bits per heavy atom. The number of hydrogen-bond donors (Lipinski definition) is 0. The lowest BCUT2D eigenvalue weighted by molar-refractivity contribution is 0.669. The first-order valence-corrected chi connectivity index (χ1v) is 21.2. The average Bonchev–Trinajstić information content (AvgIpc) is 3.72. The molecule has 0 bridgehead atoms. The van der Waals surface area contributed by atoms with E-state index >= 15 is 0 Å². The van der Waals surface area contributed by atoms with Crippen LogP contribution in [-0.4, -0.2) is 0 Å². The van der Waals surface area contributed by atoms with E-state index in [1.807, 2.05) is 12.1 Å². The Kier molecular flexibility index (Phi) is 8.53. The van der Waals surface area contributed by atoms with Gasteiger partial charge in [-0.3, -0.25) is 0 Å². The lowest BCUT2D eigenvalue weighted by Crippen LogP contribution is -2.10. The first-order chi connectivity index (χ1) is 30.7. The second-order valence-electron chi connectivity index (χ2n) is 16.1. The van der Waals surface area contributed by atoms with Gasteiger partial charge in [-0.25, -0.2) is 0 Å². The van der Waals surface area contributed by atoms with Crippen LogP contribution in [-0.2, 0) is 0 Å². The summed E-state index contributed by atoms with van der Waals surface area (Å²) in [6.45, 7) is 0. The monoisotopic (exact) mass is 789 g/mol. The second kappa shape index (κ2) is 14.8. The molecule has 0 spiro atoms. The maximum absolute atomic E-state index is 6.21. The molecule has 62 heavy (non-hydrogen) atoms. The molecule has 1 heterocycles. The molecule has 12 rings (SSSR count). The summed E-state index contributed by atoms with van der Waals surface area (Å²) in [4.78, 5) is 2.40. The number of fused-ring (bicyclic) bond motifs is 7. The number of furan rings is 1. The summed E-state index contributed by atoms with van der Waals surface area (Å²) in [5.74, 6) is 0. The summed E-state index contributed by atoms with van der Waals surface area (Å²) in [7, 11) is 0. The number of nitrogens with zero attached hydrogens (tertiary/aromatic N) is 1. The molecule has 0 aliphatic rings. The van der Waals surface area contributed by atoms with E-state index in [1.54, 1.807) is 0 Å². The van der Waals surface area contributed by atoms with Gasteiger partial charge < -0.3 is 9.32 Å². The smallest absolute Gasteiger partial charge is 0.135 e. The lowest BCUT2D eigenvalue weighted by atomic mass is 9.85. The molecule has 2 heteroatoms. The lowest BCUT2D eigenvalue weighted by Gasteiger charge is -2.27. The van der Waals surface area contributed by atoms with Crippen LogP contribution in [0.4, 0.5) is 17.1 Å². The van der Waals surface area contributed by atoms with Crippen LogP contribution >= 0.6 is 0 Å². The topological polar surface area (TPSA) is 16.4 Å². The fraction of sp³-hybridized carbons (Fsp3) is 0. The van der Waals surface area contributed by atoms with Gasteiger partial charge in [-0.1, -0.05) is 176 Å². The third-order valence-electron chi connectivity index (χ3n) is 12.4. The van der Waals surface area contributed by atoms with Gasteiger partial charge in [-0.05, 0) is 137 Å². The predicted octanol–water partition coefficient (Wildman–Crippen LogP) is 17.2. The summed E-state index contributed by atoms with van der Waals surface area (Å²) in [6.07, 6.45) is 0. The van der Waals surface area contributed by atoms with Gasteiger partial charge in [0, 0.05) is 27.8 Å². The summed E-state index contributed by atoms with van der Waals surface area (Å²) in [5.41, 5.74) is 14.5. The zero-order valence-corrected chi connectivity index (χ0v) is 33.9. The molecule has 0 radical (unpaired) electrons. The van der Waals surface area contributed by atoms with E-state index < -0.39 is 0 Å². The first kappa shape index (κ1) is 35.7. The van der Waals surface area contributed by atoms with Crippen molar-refractivity contribution in [2.24, 2.45) is 0 Å². The average molecular weight is 790 g/mol. The van der Waals surface area contributed by atoms with Gasteiger partial charge >= 0.3 is 0 Å². The highest BCUT2D eigenvalue weighted by Crippen LogP contribution is 2.46. The highest BCUT2D eigenvalue weighted by atomic mass is 16.3. The molecule has 0 amide bonds. The minimum atomic E-state index is 0.895. The fourth-order valence-corrected chi connectivity index (χ4v) is 9.50. The maximum atomic E-state index is 6.21. The summed E-state index contributed by atoms with van der Waals surface area (Å²) in [6, 6.07) is 85.7. The van der Waals surface area contributed by atoms with Crippen LogP contribution < -0.4 is 4.90 Å². The molecule has 0 aliphatic heterocycles. The summed E-state index contributed by atoms with van der Waals surface area (Å²) in [5, 5.41) is 9.71. The number of para-hydroxylation sites is 1. The molecule has 0 N–H and O–H groups in total. The van der Waals surface area contributed by atoms with E-state index in [2.05, 4.69) is 229 Å². The normalized spacial score (nSPS) is 11.5. The predicted molar refractivity (Wildman–Crippen MR) is 263 cm³/mol. The molecule has 0 aliphatic carbocycles. The molecular weight excluding hydrogens is 751 g/mol. The molecule has 0 fully saturated rings. The van der Waals surface area contributed by atoms with Crippen LogP contribution in [0.15, 0.2) is 241 Å². The van der Waals surface area contributed by atoms with Crippen molar-refractivity contribution in [1.29, 1.82) is 0 Å². The van der Waals surface area contributed by atoms with Crippen LogP contribution in [0.2, 0.25) is 0 Å². The van der Waals surface area contributed by atoms with Crippen molar-refractivity contribution in [1.82, 2.24) is 0 Å². The minimum absolute atomic E-state index is 0.895. The number of anilines is 3. The van der Waals surface area contributed by atoms with Crippen LogP contribution in [0.25, 0.3) is 98.8 Å². The minimum Gasteiger partial charge on any atom is -0.456 e. The van der Waals surface area contributed by atoms with Gasteiger partial charge in [0.15, 0.2) is 0 Å². The van der Waals surface area contributed by atoms with Gasteiger partial charge in [0.2, 0.25) is 0 Å². The summed E-state index contributed by atoms with van der Waals surface area (Å²) >= 11 is 0. The number of benzene rings is 11. The van der Waals surface area contributed by atoms with E-state index in [9.17, 15) is 0 Å². The molecule has 0 saturated carbocycles. The van der Waals surface area contributed by atoms with Gasteiger partial charge in [0.25, 0.3) is 0 Å². The largest absolute Gasteiger partial charge is 0.456 e. The third-order valence-corrected chi connectivity index (χ3v) is 12.4. The Morgan fingerprint density at radius 1 is 0.242 bits per heavy atom. The van der Waals surface area contributed by atoms with Crippen molar-refractivity contribution in [2.45, 2.75) is 0 Å². The Balaban J connectivity index is 1.04. The Labute approximate surface area is 360 Å². The fourth-order valence-electron chi connectivity index (χ4n) is 9.50. The highest BCUT2D eigenvalue weighted by molar-refractivity contribution is 6.21. The number of hydrogen-bond acceptors (Lipinski definition) is 2. The third kappa shape index (κ3) is 6.12. The van der Waals surface area contributed by atoms with Crippen LogP contribution in [0.5, 0.6) is 0 Å². The van der Waals surface area contributed by atoms with E-state index in [0.29, 0.717) is 0 Å². The molecule has 1 aromatic heterocycles. The summed E-state index contributed by atoms with van der Waals surface area (Å²) < 4.78 is 6.21. The Bertz CT molecular complexity index is 3640. The molecule has 0 atom stereocenters. The molecule has 290 valence electrons. The molecular formula is C60H39NO. The quantitative estimate of drug-likeness (QED) is 0.150. The standard InChI is InChI=1S/C60H39NO/c1-2-15-42(16-3-1)59-54-25-8-6-22-51(54)52-23-7-9-26-55(52)60(59)47-19-13-21-50(38-47)61(48-33-30-41(31-34-48)45-29-28-40-14-4-5-17-43(40)36-45)49-20-12-18-44(37-49)46-32-35-58-56(39-46)53-24-10-11-27-57(53)62-58/h1-39H. The van der Waals surface area contributed by atoms with Crippen molar-refractivity contribution in [3.63, 3.8) is 0 Å². The molecule has 2 nitrogen and oxygen atoms in total. The van der Waals surface area contributed by atoms with Gasteiger partial charge in [-0.15, -0.1) is 0 Å². The van der Waals surface area contributed by atoms with Crippen molar-refractivity contribution in [3.05, 3.63) is 237 Å². The number of rotatable bonds is 7. The van der Waals surface area contributed by atoms with Gasteiger partial charge in [0.05, 0.1) is 0 Å². The van der Waals surface area contributed by atoms with Crippen LogP contribution in [0, 0.1) is 0 Å². The van der Waals surface area contributed by atoms with E-state index in [1.165, 1.54) is 60.1 Å². The van der Waals surface area contributed by atoms with E-state index in [0.717, 1.165) is 55.7 Å². The second-order valence-corrected chi connectivity index (χ2v) is 16.1. The highest BCUT2D eigenvalue weighted by Gasteiger charge is 2.20.